The van der Waals surface area contributed by atoms with Gasteiger partial charge in [0.15, 0.2) is 0 Å². The average molecular weight is 472 g/mol. The molecule has 9 heteroatoms. The van der Waals surface area contributed by atoms with Gasteiger partial charge < -0.3 is 15.0 Å². The van der Waals surface area contributed by atoms with Crippen LogP contribution in [-0.4, -0.2) is 38.4 Å². The summed E-state index contributed by atoms with van der Waals surface area (Å²) in [5.74, 6) is -0.920. The minimum absolute atomic E-state index is 0.0742. The predicted octanol–water partition coefficient (Wildman–Crippen LogP) is 4.78. The van der Waals surface area contributed by atoms with Gasteiger partial charge in [0.2, 0.25) is 0 Å². The van der Waals surface area contributed by atoms with Gasteiger partial charge in [-0.3, -0.25) is 9.59 Å². The maximum atomic E-state index is 13.1. The van der Waals surface area contributed by atoms with E-state index in [1.54, 1.807) is 17.0 Å². The summed E-state index contributed by atoms with van der Waals surface area (Å²) in [7, 11) is 0. The number of carboxylic acids is 1. The Bertz CT molecular complexity index is 1220. The van der Waals surface area contributed by atoms with Gasteiger partial charge in [-0.15, -0.1) is 11.3 Å². The number of nitrogens with zero attached hydrogens (tertiary/aromatic N) is 2. The lowest BCUT2D eigenvalue weighted by Crippen LogP contribution is -2.41. The fraction of sp³-hybridized carbons (Fsp3) is 0.304. The molecule has 166 valence electrons. The van der Waals surface area contributed by atoms with Crippen molar-refractivity contribution in [1.82, 2.24) is 14.9 Å². The molecule has 0 spiro atoms. The molecule has 1 aromatic carbocycles. The van der Waals surface area contributed by atoms with E-state index in [0.29, 0.717) is 27.8 Å². The Kier molecular flexibility index (Phi) is 6.43. The third kappa shape index (κ3) is 4.47. The molecule has 0 radical (unpaired) electrons. The molecule has 4 rings (SSSR count). The molecule has 1 amide bonds. The molecule has 0 saturated carbocycles. The second kappa shape index (κ2) is 9.26. The molecule has 3 heterocycles. The van der Waals surface area contributed by atoms with Crippen LogP contribution in [0.3, 0.4) is 0 Å². The molecule has 32 heavy (non-hydrogen) atoms. The van der Waals surface area contributed by atoms with Crippen LogP contribution < -0.4 is 5.56 Å². The van der Waals surface area contributed by atoms with Gasteiger partial charge in [-0.1, -0.05) is 31.4 Å². The molecule has 0 saturated heterocycles. The van der Waals surface area contributed by atoms with Crippen LogP contribution in [0, 0.1) is 0 Å². The number of aromatic nitrogens is 2. The van der Waals surface area contributed by atoms with Crippen molar-refractivity contribution < 1.29 is 14.7 Å². The van der Waals surface area contributed by atoms with E-state index in [-0.39, 0.29) is 28.8 Å². The zero-order chi connectivity index (χ0) is 22.8. The zero-order valence-electron chi connectivity index (χ0n) is 17.4. The van der Waals surface area contributed by atoms with Gasteiger partial charge in [0.1, 0.15) is 10.7 Å². The van der Waals surface area contributed by atoms with Crippen molar-refractivity contribution in [3.8, 4) is 11.4 Å². The lowest BCUT2D eigenvalue weighted by Gasteiger charge is -2.33. The van der Waals surface area contributed by atoms with Gasteiger partial charge in [-0.05, 0) is 42.8 Å². The molecule has 1 unspecified atom stereocenters. The average Bonchev–Trinajstić information content (AvgIpc) is 3.28. The molecule has 2 N–H and O–H groups in total. The largest absolute Gasteiger partial charge is 0.477 e. The number of thiophene rings is 1. The summed E-state index contributed by atoms with van der Waals surface area (Å²) in [4.78, 5) is 47.0. The van der Waals surface area contributed by atoms with E-state index in [9.17, 15) is 14.4 Å². The van der Waals surface area contributed by atoms with Crippen LogP contribution in [0.15, 0.2) is 41.2 Å². The second-order valence-corrected chi connectivity index (χ2v) is 9.30. The highest BCUT2D eigenvalue weighted by atomic mass is 35.5. The van der Waals surface area contributed by atoms with Crippen molar-refractivity contribution in [1.29, 1.82) is 0 Å². The third-order valence-corrected chi connectivity index (χ3v) is 6.88. The topological polar surface area (TPSA) is 103 Å². The molecular weight excluding hydrogens is 450 g/mol. The number of aromatic carboxylic acids is 1. The first-order valence-electron chi connectivity index (χ1n) is 10.4. The standard InChI is InChI=1S/C23H22ClN3O4S/c1-2-3-4-14-11-27(22(29)17-9-10-18(32-17)23(30)31)12-16-19(14)25-20(26-21(16)28)13-5-7-15(24)8-6-13/h5-10,14H,2-4,11-12H2,1H3,(H,30,31)(H,25,26,28). The zero-order valence-corrected chi connectivity index (χ0v) is 19.0. The van der Waals surface area contributed by atoms with E-state index in [1.807, 2.05) is 12.1 Å². The van der Waals surface area contributed by atoms with E-state index in [4.69, 9.17) is 21.7 Å². The molecule has 1 atom stereocenters. The van der Waals surface area contributed by atoms with Gasteiger partial charge >= 0.3 is 5.97 Å². The number of benzene rings is 1. The molecule has 2 aromatic heterocycles. The summed E-state index contributed by atoms with van der Waals surface area (Å²) in [5, 5.41) is 9.76. The van der Waals surface area contributed by atoms with Gasteiger partial charge in [0, 0.05) is 23.0 Å². The van der Waals surface area contributed by atoms with Crippen molar-refractivity contribution in [2.24, 2.45) is 0 Å². The summed E-state index contributed by atoms with van der Waals surface area (Å²) in [5.41, 5.74) is 1.71. The van der Waals surface area contributed by atoms with Gasteiger partial charge in [0.05, 0.1) is 22.7 Å². The van der Waals surface area contributed by atoms with Crippen LogP contribution in [0.5, 0.6) is 0 Å². The maximum Gasteiger partial charge on any atom is 0.345 e. The number of amides is 1. The van der Waals surface area contributed by atoms with Crippen molar-refractivity contribution in [3.05, 3.63) is 72.8 Å². The van der Waals surface area contributed by atoms with Crippen LogP contribution in [0.4, 0.5) is 0 Å². The predicted molar refractivity (Wildman–Crippen MR) is 124 cm³/mol. The first-order chi connectivity index (χ1) is 15.4. The quantitative estimate of drug-likeness (QED) is 0.538. The number of hydrogen-bond acceptors (Lipinski definition) is 5. The summed E-state index contributed by atoms with van der Waals surface area (Å²) >= 11 is 6.92. The molecule has 1 aliphatic heterocycles. The Labute approximate surface area is 193 Å². The van der Waals surface area contributed by atoms with Crippen LogP contribution >= 0.6 is 22.9 Å². The minimum Gasteiger partial charge on any atom is -0.477 e. The molecule has 0 bridgehead atoms. The van der Waals surface area contributed by atoms with E-state index in [1.165, 1.54) is 12.1 Å². The van der Waals surface area contributed by atoms with Crippen LogP contribution in [0.1, 0.15) is 62.7 Å². The van der Waals surface area contributed by atoms with Gasteiger partial charge in [-0.25, -0.2) is 9.78 Å². The van der Waals surface area contributed by atoms with E-state index >= 15 is 0 Å². The summed E-state index contributed by atoms with van der Waals surface area (Å²) in [6.07, 6.45) is 2.73. The number of hydrogen-bond donors (Lipinski definition) is 2. The van der Waals surface area contributed by atoms with Gasteiger partial charge in [-0.2, -0.15) is 0 Å². The normalized spacial score (nSPS) is 15.4. The fourth-order valence-electron chi connectivity index (χ4n) is 3.91. The number of nitrogens with one attached hydrogen (secondary N) is 1. The number of aromatic amines is 1. The Morgan fingerprint density at radius 2 is 1.94 bits per heavy atom. The Morgan fingerprint density at radius 1 is 1.22 bits per heavy atom. The lowest BCUT2D eigenvalue weighted by molar-refractivity contribution is 0.0699. The van der Waals surface area contributed by atoms with Crippen LogP contribution in [0.25, 0.3) is 11.4 Å². The Morgan fingerprint density at radius 3 is 2.59 bits per heavy atom. The fourth-order valence-corrected chi connectivity index (χ4v) is 4.85. The number of unbranched alkanes of at least 4 members (excludes halogenated alkanes) is 1. The highest BCUT2D eigenvalue weighted by molar-refractivity contribution is 7.15. The maximum absolute atomic E-state index is 13.1. The lowest BCUT2D eigenvalue weighted by atomic mass is 9.90. The molecule has 3 aromatic rings. The van der Waals surface area contributed by atoms with Crippen molar-refractivity contribution in [2.45, 2.75) is 38.6 Å². The van der Waals surface area contributed by atoms with E-state index < -0.39 is 5.97 Å². The number of rotatable bonds is 6. The Hall–Kier alpha value is -2.97. The summed E-state index contributed by atoms with van der Waals surface area (Å²) in [6.45, 7) is 2.67. The van der Waals surface area contributed by atoms with Crippen LogP contribution in [0.2, 0.25) is 5.02 Å². The number of fused-ring (bicyclic) bond motifs is 1. The number of carbonyl (C=O) groups is 2. The number of halogens is 1. The molecule has 7 nitrogen and oxygen atoms in total. The first kappa shape index (κ1) is 22.2. The molecule has 0 aliphatic carbocycles. The molecular formula is C23H22ClN3O4S. The SMILES string of the molecule is CCCCC1CN(C(=O)c2ccc(C(=O)O)s2)Cc2c1nc(-c1ccc(Cl)cc1)[nH]c2=O. The van der Waals surface area contributed by atoms with E-state index in [2.05, 4.69) is 11.9 Å². The third-order valence-electron chi connectivity index (χ3n) is 5.56. The van der Waals surface area contributed by atoms with Crippen molar-refractivity contribution in [2.75, 3.05) is 6.54 Å². The first-order valence-corrected chi connectivity index (χ1v) is 11.6. The summed E-state index contributed by atoms with van der Waals surface area (Å²) < 4.78 is 0. The van der Waals surface area contributed by atoms with Crippen molar-refractivity contribution >= 4 is 34.8 Å². The monoisotopic (exact) mass is 471 g/mol. The molecule has 1 aliphatic rings. The number of carboxylic acid groups (broad SMARTS) is 1. The van der Waals surface area contributed by atoms with Crippen LogP contribution in [-0.2, 0) is 6.54 Å². The Balaban J connectivity index is 1.70. The number of H-pyrrole nitrogens is 1. The minimum atomic E-state index is -1.06. The molecule has 0 fully saturated rings. The van der Waals surface area contributed by atoms with Gasteiger partial charge in [0.25, 0.3) is 11.5 Å². The van der Waals surface area contributed by atoms with Crippen molar-refractivity contribution in [3.63, 3.8) is 0 Å². The highest BCUT2D eigenvalue weighted by Crippen LogP contribution is 2.32. The number of carbonyl (C=O) groups excluding carboxylic acids is 1. The summed E-state index contributed by atoms with van der Waals surface area (Å²) in [6, 6.07) is 10.1. The highest BCUT2D eigenvalue weighted by Gasteiger charge is 2.32. The smallest absolute Gasteiger partial charge is 0.345 e. The van der Waals surface area contributed by atoms with E-state index in [0.717, 1.165) is 41.9 Å². The second-order valence-electron chi connectivity index (χ2n) is 7.78.